The smallest absolute Gasteiger partial charge is 0.336 e. The molecule has 0 bridgehead atoms. The molecule has 5 heteroatoms. The Labute approximate surface area is 151 Å². The number of rotatable bonds is 4. The Kier molecular flexibility index (Phi) is 5.09. The molecule has 4 nitrogen and oxygen atoms in total. The lowest BCUT2D eigenvalue weighted by Crippen LogP contribution is -2.13. The van der Waals surface area contributed by atoms with E-state index in [4.69, 9.17) is 17.3 Å². The number of aromatic carboxylic acids is 1. The summed E-state index contributed by atoms with van der Waals surface area (Å²) in [5, 5.41) is 9.60. The van der Waals surface area contributed by atoms with Gasteiger partial charge in [-0.25, -0.2) is 4.79 Å². The molecule has 1 saturated carbocycles. The van der Waals surface area contributed by atoms with E-state index in [0.29, 0.717) is 11.5 Å². The molecular weight excluding hydrogens is 338 g/mol. The van der Waals surface area contributed by atoms with E-state index < -0.39 is 5.97 Å². The Balaban J connectivity index is 2.00. The van der Waals surface area contributed by atoms with Crippen molar-refractivity contribution in [3.05, 3.63) is 63.7 Å². The number of ketones is 1. The zero-order valence-electron chi connectivity index (χ0n) is 13.8. The van der Waals surface area contributed by atoms with Crippen LogP contribution in [0.25, 0.3) is 0 Å². The number of benzene rings is 2. The molecule has 0 saturated heterocycles. The van der Waals surface area contributed by atoms with Crippen molar-refractivity contribution in [1.82, 2.24) is 0 Å². The molecule has 2 aromatic carbocycles. The Morgan fingerprint density at radius 3 is 2.48 bits per heavy atom. The number of carbonyl (C=O) groups is 2. The second-order valence-electron chi connectivity index (χ2n) is 6.51. The van der Waals surface area contributed by atoms with Crippen molar-refractivity contribution in [3.8, 4) is 0 Å². The predicted molar refractivity (Wildman–Crippen MR) is 98.5 cm³/mol. The van der Waals surface area contributed by atoms with E-state index in [-0.39, 0.29) is 27.6 Å². The summed E-state index contributed by atoms with van der Waals surface area (Å²) in [6.07, 6.45) is 5.92. The van der Waals surface area contributed by atoms with Gasteiger partial charge in [-0.15, -0.1) is 0 Å². The number of hydrogen-bond donors (Lipinski definition) is 2. The van der Waals surface area contributed by atoms with Gasteiger partial charge in [-0.2, -0.15) is 0 Å². The third-order valence-electron chi connectivity index (χ3n) is 4.82. The van der Waals surface area contributed by atoms with Crippen LogP contribution in [0.4, 0.5) is 5.69 Å². The van der Waals surface area contributed by atoms with Crippen molar-refractivity contribution in [1.29, 1.82) is 0 Å². The van der Waals surface area contributed by atoms with Gasteiger partial charge in [-0.05, 0) is 42.5 Å². The third-order valence-corrected chi connectivity index (χ3v) is 5.03. The largest absolute Gasteiger partial charge is 0.478 e. The van der Waals surface area contributed by atoms with Gasteiger partial charge in [0.25, 0.3) is 0 Å². The Hall–Kier alpha value is -2.33. The van der Waals surface area contributed by atoms with Crippen LogP contribution in [0.15, 0.2) is 36.4 Å². The minimum absolute atomic E-state index is 0.00214. The summed E-state index contributed by atoms with van der Waals surface area (Å²) in [4.78, 5) is 24.5. The average Bonchev–Trinajstić information content (AvgIpc) is 2.61. The molecule has 130 valence electrons. The molecule has 0 aromatic heterocycles. The SMILES string of the molecule is Nc1cc(Cl)cc(C(=O)O)c1C(=O)c1cccc(C2CCCCC2)c1. The van der Waals surface area contributed by atoms with Gasteiger partial charge in [0.15, 0.2) is 5.78 Å². The number of carboxylic acid groups (broad SMARTS) is 1. The first-order valence-corrected chi connectivity index (χ1v) is 8.82. The Bertz CT molecular complexity index is 826. The van der Waals surface area contributed by atoms with Crippen molar-refractivity contribution >= 4 is 29.0 Å². The lowest BCUT2D eigenvalue weighted by molar-refractivity contribution is 0.0693. The molecule has 25 heavy (non-hydrogen) atoms. The fourth-order valence-electron chi connectivity index (χ4n) is 3.56. The minimum Gasteiger partial charge on any atom is -0.478 e. The summed E-state index contributed by atoms with van der Waals surface area (Å²) in [6.45, 7) is 0. The average molecular weight is 358 g/mol. The highest BCUT2D eigenvalue weighted by Gasteiger charge is 2.23. The number of carbonyl (C=O) groups excluding carboxylic acids is 1. The van der Waals surface area contributed by atoms with Crippen molar-refractivity contribution < 1.29 is 14.7 Å². The van der Waals surface area contributed by atoms with Crippen LogP contribution in [0, 0.1) is 0 Å². The van der Waals surface area contributed by atoms with E-state index in [1.165, 1.54) is 31.4 Å². The summed E-state index contributed by atoms with van der Waals surface area (Å²) >= 11 is 5.89. The van der Waals surface area contributed by atoms with Gasteiger partial charge in [-0.1, -0.05) is 49.1 Å². The van der Waals surface area contributed by atoms with Crippen LogP contribution in [-0.4, -0.2) is 16.9 Å². The standard InChI is InChI=1S/C20H20ClNO3/c21-15-10-16(20(24)25)18(17(22)11-15)19(23)14-8-4-7-13(9-14)12-5-2-1-3-6-12/h4,7-12H,1-3,5-6,22H2,(H,24,25). The molecule has 0 radical (unpaired) electrons. The quantitative estimate of drug-likeness (QED) is 0.602. The van der Waals surface area contributed by atoms with Gasteiger partial charge in [0.1, 0.15) is 0 Å². The van der Waals surface area contributed by atoms with Gasteiger partial charge in [0.05, 0.1) is 11.1 Å². The molecule has 3 rings (SSSR count). The lowest BCUT2D eigenvalue weighted by Gasteiger charge is -2.22. The molecule has 2 aromatic rings. The molecule has 3 N–H and O–H groups in total. The van der Waals surface area contributed by atoms with E-state index in [2.05, 4.69) is 0 Å². The van der Waals surface area contributed by atoms with Crippen molar-refractivity contribution in [2.45, 2.75) is 38.0 Å². The van der Waals surface area contributed by atoms with Crippen LogP contribution in [0.5, 0.6) is 0 Å². The van der Waals surface area contributed by atoms with E-state index in [9.17, 15) is 14.7 Å². The summed E-state index contributed by atoms with van der Waals surface area (Å²) in [5.41, 5.74) is 7.41. The van der Waals surface area contributed by atoms with E-state index >= 15 is 0 Å². The van der Waals surface area contributed by atoms with Gasteiger partial charge in [-0.3, -0.25) is 4.79 Å². The molecule has 1 aliphatic rings. The second-order valence-corrected chi connectivity index (χ2v) is 6.95. The van der Waals surface area contributed by atoms with E-state index in [1.54, 1.807) is 6.07 Å². The Morgan fingerprint density at radius 1 is 1.08 bits per heavy atom. The van der Waals surface area contributed by atoms with Gasteiger partial charge >= 0.3 is 5.97 Å². The number of hydrogen-bond acceptors (Lipinski definition) is 3. The first-order chi connectivity index (χ1) is 12.0. The fourth-order valence-corrected chi connectivity index (χ4v) is 3.79. The molecule has 1 fully saturated rings. The lowest BCUT2D eigenvalue weighted by atomic mass is 9.83. The molecule has 0 unspecified atom stereocenters. The molecule has 0 spiro atoms. The monoisotopic (exact) mass is 357 g/mol. The highest BCUT2D eigenvalue weighted by atomic mass is 35.5. The van der Waals surface area contributed by atoms with E-state index in [0.717, 1.165) is 18.4 Å². The number of nitrogen functional groups attached to an aromatic ring is 1. The summed E-state index contributed by atoms with van der Waals surface area (Å²) in [6, 6.07) is 10.1. The highest BCUT2D eigenvalue weighted by molar-refractivity contribution is 6.32. The first kappa shape index (κ1) is 17.5. The second kappa shape index (κ2) is 7.28. The maximum atomic E-state index is 13.0. The molecule has 0 aliphatic heterocycles. The number of halogens is 1. The molecule has 0 amide bonds. The summed E-state index contributed by atoms with van der Waals surface area (Å²) in [5.74, 6) is -1.15. The fraction of sp³-hybridized carbons (Fsp3) is 0.300. The zero-order chi connectivity index (χ0) is 18.0. The summed E-state index contributed by atoms with van der Waals surface area (Å²) in [7, 11) is 0. The van der Waals surface area contributed by atoms with Crippen molar-refractivity contribution in [3.63, 3.8) is 0 Å². The maximum Gasteiger partial charge on any atom is 0.336 e. The van der Waals surface area contributed by atoms with Gasteiger partial charge in [0, 0.05) is 16.3 Å². The number of anilines is 1. The van der Waals surface area contributed by atoms with Crippen LogP contribution >= 0.6 is 11.6 Å². The first-order valence-electron chi connectivity index (χ1n) is 8.44. The van der Waals surface area contributed by atoms with Gasteiger partial charge in [0.2, 0.25) is 0 Å². The van der Waals surface area contributed by atoms with Crippen LogP contribution in [0.3, 0.4) is 0 Å². The number of carboxylic acids is 1. The van der Waals surface area contributed by atoms with Crippen molar-refractivity contribution in [2.75, 3.05) is 5.73 Å². The molecule has 1 aliphatic carbocycles. The third kappa shape index (κ3) is 3.69. The predicted octanol–water partition coefficient (Wildman–Crippen LogP) is 4.90. The molecule has 0 heterocycles. The Morgan fingerprint density at radius 2 is 1.80 bits per heavy atom. The number of nitrogens with two attached hydrogens (primary N) is 1. The maximum absolute atomic E-state index is 13.0. The zero-order valence-corrected chi connectivity index (χ0v) is 14.6. The van der Waals surface area contributed by atoms with Crippen molar-refractivity contribution in [2.24, 2.45) is 0 Å². The van der Waals surface area contributed by atoms with E-state index in [1.807, 2.05) is 18.2 Å². The van der Waals surface area contributed by atoms with Gasteiger partial charge < -0.3 is 10.8 Å². The normalized spacial score (nSPS) is 15.1. The van der Waals surface area contributed by atoms with Crippen LogP contribution in [0.2, 0.25) is 5.02 Å². The van der Waals surface area contributed by atoms with Crippen LogP contribution in [-0.2, 0) is 0 Å². The van der Waals surface area contributed by atoms with Crippen LogP contribution in [0.1, 0.15) is 69.9 Å². The highest BCUT2D eigenvalue weighted by Crippen LogP contribution is 2.33. The molecular formula is C20H20ClNO3. The molecule has 0 atom stereocenters. The topological polar surface area (TPSA) is 80.4 Å². The van der Waals surface area contributed by atoms with Crippen LogP contribution < -0.4 is 5.73 Å². The minimum atomic E-state index is -1.22. The summed E-state index contributed by atoms with van der Waals surface area (Å²) < 4.78 is 0.